The molecule has 1 fully saturated rings. The Balaban J connectivity index is 2.25. The van der Waals surface area contributed by atoms with Gasteiger partial charge in [-0.05, 0) is 33.1 Å². The van der Waals surface area contributed by atoms with Crippen LogP contribution in [-0.2, 0) is 9.47 Å². The van der Waals surface area contributed by atoms with Gasteiger partial charge in [0.1, 0.15) is 5.60 Å². The van der Waals surface area contributed by atoms with Crippen LogP contribution in [0.4, 0.5) is 4.79 Å². The van der Waals surface area contributed by atoms with Gasteiger partial charge in [0.2, 0.25) is 0 Å². The highest BCUT2D eigenvalue weighted by molar-refractivity contribution is 5.67. The van der Waals surface area contributed by atoms with Gasteiger partial charge < -0.3 is 9.47 Å². The van der Waals surface area contributed by atoms with Crippen molar-refractivity contribution in [2.45, 2.75) is 45.8 Å². The number of hydrogen-bond acceptors (Lipinski definition) is 4. The SMILES string of the molecule is C[C@@H]1COCC[C@@H]1NNC(=O)OC(C)(C)C. The van der Waals surface area contributed by atoms with Gasteiger partial charge >= 0.3 is 6.09 Å². The van der Waals surface area contributed by atoms with Crippen LogP contribution in [0.2, 0.25) is 0 Å². The predicted molar refractivity (Wildman–Crippen MR) is 60.9 cm³/mol. The predicted octanol–water partition coefficient (Wildman–Crippen LogP) is 1.44. The summed E-state index contributed by atoms with van der Waals surface area (Å²) in [4.78, 5) is 11.4. The molecule has 0 spiro atoms. The van der Waals surface area contributed by atoms with E-state index in [4.69, 9.17) is 9.47 Å². The Bertz CT molecular complexity index is 238. The van der Waals surface area contributed by atoms with Crippen LogP contribution >= 0.6 is 0 Å². The van der Waals surface area contributed by atoms with E-state index in [1.165, 1.54) is 0 Å². The van der Waals surface area contributed by atoms with Crippen molar-refractivity contribution >= 4 is 6.09 Å². The molecule has 0 aromatic heterocycles. The van der Waals surface area contributed by atoms with Crippen molar-refractivity contribution in [1.29, 1.82) is 0 Å². The van der Waals surface area contributed by atoms with E-state index in [1.807, 2.05) is 20.8 Å². The molecule has 1 aliphatic heterocycles. The third kappa shape index (κ3) is 4.81. The van der Waals surface area contributed by atoms with Gasteiger partial charge in [-0.15, -0.1) is 0 Å². The molecule has 5 heteroatoms. The summed E-state index contributed by atoms with van der Waals surface area (Å²) in [5, 5.41) is 0. The van der Waals surface area contributed by atoms with Gasteiger partial charge in [-0.1, -0.05) is 6.92 Å². The van der Waals surface area contributed by atoms with E-state index in [-0.39, 0.29) is 6.04 Å². The number of ether oxygens (including phenoxy) is 2. The molecule has 5 nitrogen and oxygen atoms in total. The zero-order valence-corrected chi connectivity index (χ0v) is 10.5. The smallest absolute Gasteiger partial charge is 0.422 e. The van der Waals surface area contributed by atoms with Gasteiger partial charge in [0.05, 0.1) is 6.61 Å². The molecule has 0 bridgehead atoms. The first kappa shape index (κ1) is 13.3. The maximum Gasteiger partial charge on any atom is 0.422 e. The molecule has 0 aromatic carbocycles. The quantitative estimate of drug-likeness (QED) is 0.705. The van der Waals surface area contributed by atoms with Crippen LogP contribution in [0.1, 0.15) is 34.1 Å². The molecule has 0 unspecified atom stereocenters. The van der Waals surface area contributed by atoms with Crippen LogP contribution < -0.4 is 10.9 Å². The molecule has 0 aliphatic carbocycles. The Hall–Kier alpha value is -0.810. The van der Waals surface area contributed by atoms with Crippen LogP contribution in [0.3, 0.4) is 0 Å². The van der Waals surface area contributed by atoms with Crippen molar-refractivity contribution in [1.82, 2.24) is 10.9 Å². The Labute approximate surface area is 96.8 Å². The fraction of sp³-hybridized carbons (Fsp3) is 0.909. The molecular formula is C11H22N2O3. The van der Waals surface area contributed by atoms with Crippen molar-refractivity contribution in [2.24, 2.45) is 5.92 Å². The van der Waals surface area contributed by atoms with Gasteiger partial charge in [-0.2, -0.15) is 0 Å². The topological polar surface area (TPSA) is 59.6 Å². The largest absolute Gasteiger partial charge is 0.443 e. The molecular weight excluding hydrogens is 208 g/mol. The average molecular weight is 230 g/mol. The van der Waals surface area contributed by atoms with Crippen LogP contribution in [0.5, 0.6) is 0 Å². The summed E-state index contributed by atoms with van der Waals surface area (Å²) in [6.45, 7) is 9.07. The highest BCUT2D eigenvalue weighted by Gasteiger charge is 2.23. The summed E-state index contributed by atoms with van der Waals surface area (Å²) in [6.07, 6.45) is 0.461. The van der Waals surface area contributed by atoms with Crippen LogP contribution in [0.15, 0.2) is 0 Å². The number of amides is 1. The number of carbonyl (C=O) groups excluding carboxylic acids is 1. The summed E-state index contributed by atoms with van der Waals surface area (Å²) >= 11 is 0. The highest BCUT2D eigenvalue weighted by atomic mass is 16.6. The van der Waals surface area contributed by atoms with Gasteiger partial charge in [0.25, 0.3) is 0 Å². The minimum atomic E-state index is -0.465. The molecule has 0 saturated carbocycles. The second kappa shape index (κ2) is 5.50. The van der Waals surface area contributed by atoms with Crippen molar-refractivity contribution in [2.75, 3.05) is 13.2 Å². The number of hydrogen-bond donors (Lipinski definition) is 2. The van der Waals surface area contributed by atoms with E-state index in [0.717, 1.165) is 19.6 Å². The lowest BCUT2D eigenvalue weighted by atomic mass is 9.99. The lowest BCUT2D eigenvalue weighted by Crippen LogP contribution is -2.51. The highest BCUT2D eigenvalue weighted by Crippen LogP contribution is 2.13. The number of hydrazine groups is 1. The second-order valence-corrected chi connectivity index (χ2v) is 5.22. The van der Waals surface area contributed by atoms with Crippen molar-refractivity contribution in [3.63, 3.8) is 0 Å². The van der Waals surface area contributed by atoms with Crippen LogP contribution in [0.25, 0.3) is 0 Å². The fourth-order valence-electron chi connectivity index (χ4n) is 1.55. The number of nitrogens with one attached hydrogen (secondary N) is 2. The average Bonchev–Trinajstić information content (AvgIpc) is 2.14. The molecule has 1 heterocycles. The van der Waals surface area contributed by atoms with E-state index in [2.05, 4.69) is 17.8 Å². The third-order valence-corrected chi connectivity index (χ3v) is 2.40. The molecule has 2 N–H and O–H groups in total. The Morgan fingerprint density at radius 2 is 2.12 bits per heavy atom. The van der Waals surface area contributed by atoms with Gasteiger partial charge in [0.15, 0.2) is 0 Å². The summed E-state index contributed by atoms with van der Waals surface area (Å²) in [6, 6.07) is 0.251. The van der Waals surface area contributed by atoms with E-state index in [0.29, 0.717) is 5.92 Å². The zero-order chi connectivity index (χ0) is 12.2. The first-order valence-electron chi connectivity index (χ1n) is 5.71. The zero-order valence-electron chi connectivity index (χ0n) is 10.5. The molecule has 1 saturated heterocycles. The number of rotatable bonds is 2. The van der Waals surface area contributed by atoms with Crippen molar-refractivity contribution in [3.8, 4) is 0 Å². The molecule has 94 valence electrons. The molecule has 0 radical (unpaired) electrons. The molecule has 2 atom stereocenters. The van der Waals surface area contributed by atoms with Gasteiger partial charge in [-0.25, -0.2) is 10.2 Å². The first-order valence-corrected chi connectivity index (χ1v) is 5.71. The van der Waals surface area contributed by atoms with E-state index in [1.54, 1.807) is 0 Å². The van der Waals surface area contributed by atoms with E-state index < -0.39 is 11.7 Å². The van der Waals surface area contributed by atoms with E-state index in [9.17, 15) is 4.79 Å². The summed E-state index contributed by atoms with van der Waals surface area (Å²) in [5.41, 5.74) is 5.10. The third-order valence-electron chi connectivity index (χ3n) is 2.40. The summed E-state index contributed by atoms with van der Waals surface area (Å²) in [7, 11) is 0. The van der Waals surface area contributed by atoms with Gasteiger partial charge in [0, 0.05) is 12.6 Å². The number of carbonyl (C=O) groups is 1. The monoisotopic (exact) mass is 230 g/mol. The summed E-state index contributed by atoms with van der Waals surface area (Å²) < 4.78 is 10.4. The minimum absolute atomic E-state index is 0.251. The summed E-state index contributed by atoms with van der Waals surface area (Å²) in [5.74, 6) is 0.392. The molecule has 1 rings (SSSR count). The normalized spacial score (nSPS) is 26.2. The standard InChI is InChI=1S/C11H22N2O3/c1-8-7-15-6-5-9(8)12-13-10(14)16-11(2,3)4/h8-9,12H,5-7H2,1-4H3,(H,13,14)/t8-,9+/m1/s1. The minimum Gasteiger partial charge on any atom is -0.443 e. The molecule has 0 aromatic rings. The van der Waals surface area contributed by atoms with Crippen molar-refractivity contribution in [3.05, 3.63) is 0 Å². The van der Waals surface area contributed by atoms with E-state index >= 15 is 0 Å². The van der Waals surface area contributed by atoms with Crippen LogP contribution in [0, 0.1) is 5.92 Å². The molecule has 1 amide bonds. The maximum absolute atomic E-state index is 11.4. The first-order chi connectivity index (χ1) is 7.38. The molecule has 1 aliphatic rings. The van der Waals surface area contributed by atoms with Crippen LogP contribution in [-0.4, -0.2) is 30.9 Å². The van der Waals surface area contributed by atoms with Gasteiger partial charge in [-0.3, -0.25) is 5.43 Å². The lowest BCUT2D eigenvalue weighted by Gasteiger charge is -2.30. The lowest BCUT2D eigenvalue weighted by molar-refractivity contribution is 0.0254. The Morgan fingerprint density at radius 1 is 1.44 bits per heavy atom. The maximum atomic E-state index is 11.4. The van der Waals surface area contributed by atoms with Crippen molar-refractivity contribution < 1.29 is 14.3 Å². The Kier molecular flexibility index (Phi) is 4.56. The molecule has 16 heavy (non-hydrogen) atoms. The Morgan fingerprint density at radius 3 is 2.69 bits per heavy atom. The fourth-order valence-corrected chi connectivity index (χ4v) is 1.55. The second-order valence-electron chi connectivity index (χ2n) is 5.22.